The Labute approximate surface area is 85.6 Å². The van der Waals surface area contributed by atoms with Crippen molar-refractivity contribution in [1.82, 2.24) is 5.32 Å². The Morgan fingerprint density at radius 3 is 2.85 bits per heavy atom. The van der Waals surface area contributed by atoms with Gasteiger partial charge in [0.2, 0.25) is 0 Å². The smallest absolute Gasteiger partial charge is 0.310 e. The summed E-state index contributed by atoms with van der Waals surface area (Å²) in [6, 6.07) is 0.325. The van der Waals surface area contributed by atoms with E-state index in [0.29, 0.717) is 6.04 Å². The Balaban J connectivity index is 0.00000144. The molecule has 2 atom stereocenters. The second-order valence-electron chi connectivity index (χ2n) is 3.24. The quantitative estimate of drug-likeness (QED) is 0.695. The zero-order valence-corrected chi connectivity index (χ0v) is 9.02. The number of carbonyl (C=O) groups is 1. The Kier molecular flexibility index (Phi) is 6.08. The molecule has 0 radical (unpaired) electrons. The summed E-state index contributed by atoms with van der Waals surface area (Å²) in [4.78, 5) is 11.3. The third-order valence-electron chi connectivity index (χ3n) is 2.53. The van der Waals surface area contributed by atoms with Gasteiger partial charge >= 0.3 is 5.97 Å². The van der Waals surface area contributed by atoms with E-state index in [-0.39, 0.29) is 24.3 Å². The number of nitrogens with one attached hydrogen (secondary N) is 1. The molecule has 0 amide bonds. The maximum Gasteiger partial charge on any atom is 0.310 e. The number of piperidine rings is 1. The lowest BCUT2D eigenvalue weighted by Gasteiger charge is -2.29. The highest BCUT2D eigenvalue weighted by Gasteiger charge is 2.29. The molecule has 1 saturated heterocycles. The molecule has 1 aliphatic rings. The van der Waals surface area contributed by atoms with Gasteiger partial charge in [-0.25, -0.2) is 0 Å². The molecule has 0 saturated carbocycles. The minimum absolute atomic E-state index is 0. The summed E-state index contributed by atoms with van der Waals surface area (Å²) in [7, 11) is 1.46. The normalized spacial score (nSPS) is 27.5. The van der Waals surface area contributed by atoms with Crippen LogP contribution in [0.4, 0.5) is 0 Å². The standard InChI is InChI=1S/C9H17NO2.ClH/c1-3-8-7(9(11)12-2)5-4-6-10-8;/h7-8,10H,3-6H2,1-2H3;1H/t7-,8-;/m0./s1. The molecule has 78 valence electrons. The summed E-state index contributed by atoms with van der Waals surface area (Å²) in [5, 5.41) is 3.33. The van der Waals surface area contributed by atoms with E-state index in [1.54, 1.807) is 0 Å². The van der Waals surface area contributed by atoms with E-state index in [9.17, 15) is 4.79 Å². The first-order valence-corrected chi connectivity index (χ1v) is 4.60. The Morgan fingerprint density at radius 1 is 1.62 bits per heavy atom. The summed E-state index contributed by atoms with van der Waals surface area (Å²) in [5.41, 5.74) is 0. The first-order chi connectivity index (χ1) is 5.79. The van der Waals surface area contributed by atoms with Crippen LogP contribution in [0.1, 0.15) is 26.2 Å². The van der Waals surface area contributed by atoms with Gasteiger partial charge in [0.1, 0.15) is 0 Å². The van der Waals surface area contributed by atoms with E-state index < -0.39 is 0 Å². The van der Waals surface area contributed by atoms with Crippen molar-refractivity contribution in [1.29, 1.82) is 0 Å². The van der Waals surface area contributed by atoms with Crippen LogP contribution < -0.4 is 5.32 Å². The Bertz CT molecular complexity index is 164. The zero-order chi connectivity index (χ0) is 8.97. The van der Waals surface area contributed by atoms with Crippen molar-refractivity contribution in [2.75, 3.05) is 13.7 Å². The molecule has 1 N–H and O–H groups in total. The molecule has 0 unspecified atom stereocenters. The molecule has 13 heavy (non-hydrogen) atoms. The molecule has 1 heterocycles. The van der Waals surface area contributed by atoms with Crippen LogP contribution >= 0.6 is 12.4 Å². The highest BCUT2D eigenvalue weighted by molar-refractivity contribution is 5.85. The van der Waals surface area contributed by atoms with Gasteiger partial charge in [-0.1, -0.05) is 6.92 Å². The van der Waals surface area contributed by atoms with E-state index in [2.05, 4.69) is 12.2 Å². The number of hydrogen-bond acceptors (Lipinski definition) is 3. The van der Waals surface area contributed by atoms with Gasteiger partial charge in [0.25, 0.3) is 0 Å². The van der Waals surface area contributed by atoms with Crippen molar-refractivity contribution in [2.24, 2.45) is 5.92 Å². The topological polar surface area (TPSA) is 38.3 Å². The van der Waals surface area contributed by atoms with Crippen molar-refractivity contribution in [3.8, 4) is 0 Å². The SMILES string of the molecule is CC[C@@H]1NCCC[C@@H]1C(=O)OC.Cl. The summed E-state index contributed by atoms with van der Waals surface area (Å²) in [6.45, 7) is 3.13. The fourth-order valence-electron chi connectivity index (χ4n) is 1.82. The van der Waals surface area contributed by atoms with Crippen LogP contribution in [0.2, 0.25) is 0 Å². The van der Waals surface area contributed by atoms with Crippen LogP contribution in [0.5, 0.6) is 0 Å². The Morgan fingerprint density at radius 2 is 2.31 bits per heavy atom. The van der Waals surface area contributed by atoms with Gasteiger partial charge in [0, 0.05) is 6.04 Å². The number of carbonyl (C=O) groups excluding carboxylic acids is 1. The van der Waals surface area contributed by atoms with Gasteiger partial charge < -0.3 is 10.1 Å². The van der Waals surface area contributed by atoms with E-state index in [4.69, 9.17) is 4.74 Å². The maximum atomic E-state index is 11.3. The minimum Gasteiger partial charge on any atom is -0.469 e. The average Bonchev–Trinajstić information content (AvgIpc) is 2.16. The molecule has 3 nitrogen and oxygen atoms in total. The lowest BCUT2D eigenvalue weighted by Crippen LogP contribution is -2.44. The van der Waals surface area contributed by atoms with E-state index in [0.717, 1.165) is 25.8 Å². The number of ether oxygens (including phenoxy) is 1. The fourth-order valence-corrected chi connectivity index (χ4v) is 1.82. The predicted octanol–water partition coefficient (Wildman–Crippen LogP) is 1.36. The highest BCUT2D eigenvalue weighted by atomic mass is 35.5. The minimum atomic E-state index is -0.0611. The van der Waals surface area contributed by atoms with E-state index in [1.165, 1.54) is 7.11 Å². The van der Waals surface area contributed by atoms with Crippen molar-refractivity contribution < 1.29 is 9.53 Å². The van der Waals surface area contributed by atoms with Gasteiger partial charge in [0.05, 0.1) is 13.0 Å². The predicted molar refractivity (Wildman–Crippen MR) is 54.1 cm³/mol. The zero-order valence-electron chi connectivity index (χ0n) is 8.21. The number of methoxy groups -OCH3 is 1. The number of hydrogen-bond donors (Lipinski definition) is 1. The first kappa shape index (κ1) is 12.7. The van der Waals surface area contributed by atoms with Gasteiger partial charge in [-0.2, -0.15) is 0 Å². The summed E-state index contributed by atoms with van der Waals surface area (Å²) in [5.74, 6) is 0.0165. The van der Waals surface area contributed by atoms with Crippen molar-refractivity contribution in [2.45, 2.75) is 32.2 Å². The van der Waals surface area contributed by atoms with E-state index in [1.807, 2.05) is 0 Å². The second-order valence-corrected chi connectivity index (χ2v) is 3.24. The molecule has 0 bridgehead atoms. The van der Waals surface area contributed by atoms with Gasteiger partial charge in [0.15, 0.2) is 0 Å². The molecule has 1 aliphatic heterocycles. The van der Waals surface area contributed by atoms with Crippen LogP contribution in [0, 0.1) is 5.92 Å². The highest BCUT2D eigenvalue weighted by Crippen LogP contribution is 2.19. The monoisotopic (exact) mass is 207 g/mol. The number of halogens is 1. The summed E-state index contributed by atoms with van der Waals surface area (Å²) >= 11 is 0. The van der Waals surface area contributed by atoms with Gasteiger partial charge in [-0.05, 0) is 25.8 Å². The third kappa shape index (κ3) is 3.16. The number of esters is 1. The van der Waals surface area contributed by atoms with Crippen LogP contribution in [0.15, 0.2) is 0 Å². The maximum absolute atomic E-state index is 11.3. The molecule has 0 aromatic heterocycles. The second kappa shape index (κ2) is 6.22. The Hall–Kier alpha value is -0.280. The van der Waals surface area contributed by atoms with Gasteiger partial charge in [-0.15, -0.1) is 12.4 Å². The molecule has 0 aromatic carbocycles. The molecule has 4 heteroatoms. The third-order valence-corrected chi connectivity index (χ3v) is 2.53. The number of rotatable bonds is 2. The lowest BCUT2D eigenvalue weighted by molar-refractivity contribution is -0.147. The van der Waals surface area contributed by atoms with Crippen LogP contribution in [0.25, 0.3) is 0 Å². The summed E-state index contributed by atoms with van der Waals surface area (Å²) in [6.07, 6.45) is 3.05. The molecular formula is C9H18ClNO2. The van der Waals surface area contributed by atoms with E-state index >= 15 is 0 Å². The largest absolute Gasteiger partial charge is 0.469 e. The summed E-state index contributed by atoms with van der Waals surface area (Å²) < 4.78 is 4.74. The van der Waals surface area contributed by atoms with Crippen molar-refractivity contribution in [3.63, 3.8) is 0 Å². The van der Waals surface area contributed by atoms with Crippen molar-refractivity contribution >= 4 is 18.4 Å². The molecule has 0 aliphatic carbocycles. The van der Waals surface area contributed by atoms with Crippen molar-refractivity contribution in [3.05, 3.63) is 0 Å². The molecule has 0 spiro atoms. The van der Waals surface area contributed by atoms with Crippen LogP contribution in [-0.2, 0) is 9.53 Å². The molecular weight excluding hydrogens is 190 g/mol. The average molecular weight is 208 g/mol. The molecule has 1 rings (SSSR count). The first-order valence-electron chi connectivity index (χ1n) is 4.60. The van der Waals surface area contributed by atoms with Crippen LogP contribution in [-0.4, -0.2) is 25.7 Å². The molecule has 1 fully saturated rings. The lowest BCUT2D eigenvalue weighted by atomic mass is 9.89. The molecule has 0 aromatic rings. The van der Waals surface area contributed by atoms with Gasteiger partial charge in [-0.3, -0.25) is 4.79 Å². The fraction of sp³-hybridized carbons (Fsp3) is 0.889. The van der Waals surface area contributed by atoms with Crippen LogP contribution in [0.3, 0.4) is 0 Å².